The van der Waals surface area contributed by atoms with Crippen LogP contribution in [-0.2, 0) is 0 Å². The molecule has 0 atom stereocenters. The molecule has 0 N–H and O–H groups in total. The summed E-state index contributed by atoms with van der Waals surface area (Å²) < 4.78 is 15.7. The SMILES string of the molecule is COc1cc(C(=O)N=Nc2csc(-c3ccccc3)n2)cc(OC)c1OC. The molecule has 0 bridgehead atoms. The molecule has 7 nitrogen and oxygen atoms in total. The van der Waals surface area contributed by atoms with Crippen molar-refractivity contribution in [3.05, 3.63) is 53.4 Å². The van der Waals surface area contributed by atoms with Gasteiger partial charge in [0.2, 0.25) is 5.75 Å². The molecule has 27 heavy (non-hydrogen) atoms. The van der Waals surface area contributed by atoms with E-state index in [0.717, 1.165) is 10.6 Å². The first-order valence-corrected chi connectivity index (χ1v) is 8.81. The monoisotopic (exact) mass is 383 g/mol. The molecular weight excluding hydrogens is 366 g/mol. The lowest BCUT2D eigenvalue weighted by Crippen LogP contribution is -2.00. The van der Waals surface area contributed by atoms with Crippen LogP contribution >= 0.6 is 11.3 Å². The number of thiazole rings is 1. The zero-order chi connectivity index (χ0) is 19.2. The number of hydrogen-bond donors (Lipinski definition) is 0. The summed E-state index contributed by atoms with van der Waals surface area (Å²) in [5.41, 5.74) is 1.26. The van der Waals surface area contributed by atoms with E-state index in [9.17, 15) is 4.79 Å². The Hall–Kier alpha value is -3.26. The largest absolute Gasteiger partial charge is 0.493 e. The van der Waals surface area contributed by atoms with Crippen LogP contribution in [-0.4, -0.2) is 32.2 Å². The van der Waals surface area contributed by atoms with Crippen molar-refractivity contribution in [3.8, 4) is 27.8 Å². The first kappa shape index (κ1) is 18.5. The van der Waals surface area contributed by atoms with Crippen molar-refractivity contribution < 1.29 is 19.0 Å². The van der Waals surface area contributed by atoms with Gasteiger partial charge >= 0.3 is 0 Å². The van der Waals surface area contributed by atoms with Crippen LogP contribution in [0, 0.1) is 0 Å². The number of amides is 1. The second-order valence-corrected chi connectivity index (χ2v) is 6.15. The van der Waals surface area contributed by atoms with Crippen LogP contribution in [0.3, 0.4) is 0 Å². The van der Waals surface area contributed by atoms with E-state index in [1.165, 1.54) is 44.8 Å². The highest BCUT2D eigenvalue weighted by molar-refractivity contribution is 7.13. The maximum absolute atomic E-state index is 12.4. The molecular formula is C19H17N3O4S. The lowest BCUT2D eigenvalue weighted by Gasteiger charge is -2.12. The predicted octanol–water partition coefficient (Wildman–Crippen LogP) is 4.76. The summed E-state index contributed by atoms with van der Waals surface area (Å²) in [7, 11) is 4.45. The minimum Gasteiger partial charge on any atom is -0.493 e. The van der Waals surface area contributed by atoms with Gasteiger partial charge in [0.1, 0.15) is 5.01 Å². The fourth-order valence-electron chi connectivity index (χ4n) is 2.38. The number of hydrogen-bond acceptors (Lipinski definition) is 7. The number of ether oxygens (including phenoxy) is 3. The van der Waals surface area contributed by atoms with Gasteiger partial charge in [-0.15, -0.1) is 21.6 Å². The summed E-state index contributed by atoms with van der Waals surface area (Å²) in [4.78, 5) is 16.8. The van der Waals surface area contributed by atoms with E-state index in [0.29, 0.717) is 23.1 Å². The number of methoxy groups -OCH3 is 3. The van der Waals surface area contributed by atoms with E-state index in [1.807, 2.05) is 30.3 Å². The summed E-state index contributed by atoms with van der Waals surface area (Å²) in [6, 6.07) is 12.8. The lowest BCUT2D eigenvalue weighted by molar-refractivity contribution is 0.0994. The topological polar surface area (TPSA) is 82.4 Å². The van der Waals surface area contributed by atoms with Crippen LogP contribution < -0.4 is 14.2 Å². The molecule has 0 saturated carbocycles. The average molecular weight is 383 g/mol. The van der Waals surface area contributed by atoms with Crippen molar-refractivity contribution in [2.24, 2.45) is 10.2 Å². The number of nitrogens with zero attached hydrogens (tertiary/aromatic N) is 3. The van der Waals surface area contributed by atoms with Crippen LogP contribution in [0.4, 0.5) is 5.82 Å². The van der Waals surface area contributed by atoms with Crippen LogP contribution in [0.2, 0.25) is 0 Å². The smallest absolute Gasteiger partial charge is 0.295 e. The summed E-state index contributed by atoms with van der Waals surface area (Å²) in [6.45, 7) is 0. The first-order valence-electron chi connectivity index (χ1n) is 7.93. The fraction of sp³-hybridized carbons (Fsp3) is 0.158. The molecule has 1 heterocycles. The van der Waals surface area contributed by atoms with Crippen molar-refractivity contribution >= 4 is 23.1 Å². The Kier molecular flexibility index (Phi) is 5.77. The van der Waals surface area contributed by atoms with Gasteiger partial charge in [-0.3, -0.25) is 4.79 Å². The molecule has 138 valence electrons. The molecule has 1 amide bonds. The van der Waals surface area contributed by atoms with Gasteiger partial charge in [0.05, 0.1) is 26.9 Å². The lowest BCUT2D eigenvalue weighted by atomic mass is 10.1. The van der Waals surface area contributed by atoms with E-state index in [2.05, 4.69) is 15.2 Å². The van der Waals surface area contributed by atoms with Gasteiger partial charge in [-0.1, -0.05) is 30.3 Å². The quantitative estimate of drug-likeness (QED) is 0.573. The third kappa shape index (κ3) is 4.12. The molecule has 0 unspecified atom stereocenters. The first-order chi connectivity index (χ1) is 13.2. The summed E-state index contributed by atoms with van der Waals surface area (Å²) in [6.07, 6.45) is 0. The molecule has 3 rings (SSSR count). The minimum absolute atomic E-state index is 0.270. The van der Waals surface area contributed by atoms with Gasteiger partial charge in [-0.25, -0.2) is 4.98 Å². The summed E-state index contributed by atoms with van der Waals surface area (Å²) in [5.74, 6) is 0.981. The van der Waals surface area contributed by atoms with Gasteiger partial charge in [-0.05, 0) is 12.1 Å². The number of carbonyl (C=O) groups excluding carboxylic acids is 1. The van der Waals surface area contributed by atoms with Crippen molar-refractivity contribution in [2.75, 3.05) is 21.3 Å². The second kappa shape index (κ2) is 8.41. The Morgan fingerprint density at radius 3 is 2.26 bits per heavy atom. The maximum Gasteiger partial charge on any atom is 0.295 e. The Labute approximate surface area is 160 Å². The van der Waals surface area contributed by atoms with Crippen LogP contribution in [0.25, 0.3) is 10.6 Å². The zero-order valence-corrected chi connectivity index (χ0v) is 15.8. The van der Waals surface area contributed by atoms with Gasteiger partial charge in [0, 0.05) is 10.9 Å². The van der Waals surface area contributed by atoms with E-state index in [4.69, 9.17) is 14.2 Å². The Morgan fingerprint density at radius 1 is 1.00 bits per heavy atom. The van der Waals surface area contributed by atoms with Crippen LogP contribution in [0.1, 0.15) is 10.4 Å². The van der Waals surface area contributed by atoms with E-state index in [-0.39, 0.29) is 5.56 Å². The highest BCUT2D eigenvalue weighted by Gasteiger charge is 2.17. The van der Waals surface area contributed by atoms with Gasteiger partial charge in [-0.2, -0.15) is 0 Å². The Morgan fingerprint density at radius 2 is 1.67 bits per heavy atom. The molecule has 0 aliphatic carbocycles. The third-order valence-electron chi connectivity index (χ3n) is 3.67. The van der Waals surface area contributed by atoms with Crippen molar-refractivity contribution in [3.63, 3.8) is 0 Å². The number of azo groups is 1. The Balaban J connectivity index is 1.82. The fourth-order valence-corrected chi connectivity index (χ4v) is 3.12. The molecule has 1 aromatic heterocycles. The molecule has 0 radical (unpaired) electrons. The molecule has 0 aliphatic heterocycles. The molecule has 0 saturated heterocycles. The second-order valence-electron chi connectivity index (χ2n) is 5.30. The zero-order valence-electron chi connectivity index (χ0n) is 15.0. The molecule has 0 fully saturated rings. The van der Waals surface area contributed by atoms with Crippen LogP contribution in [0.15, 0.2) is 58.1 Å². The number of carbonyl (C=O) groups is 1. The molecule has 0 spiro atoms. The standard InChI is InChI=1S/C19H17N3O4S/c1-24-14-9-13(10-15(25-2)17(14)26-3)18(23)22-21-16-11-27-19(20-16)12-7-5-4-6-8-12/h4-11H,1-3H3. The molecule has 3 aromatic rings. The van der Waals surface area contributed by atoms with Gasteiger partial charge in [0.15, 0.2) is 17.3 Å². The molecule has 8 heteroatoms. The van der Waals surface area contributed by atoms with Crippen molar-refractivity contribution in [1.82, 2.24) is 4.98 Å². The summed E-state index contributed by atoms with van der Waals surface area (Å²) in [5, 5.41) is 10.3. The van der Waals surface area contributed by atoms with Crippen molar-refractivity contribution in [1.29, 1.82) is 0 Å². The third-order valence-corrected chi connectivity index (χ3v) is 4.55. The number of aromatic nitrogens is 1. The number of benzene rings is 2. The number of rotatable bonds is 6. The van der Waals surface area contributed by atoms with Crippen molar-refractivity contribution in [2.45, 2.75) is 0 Å². The maximum atomic E-state index is 12.4. The average Bonchev–Trinajstić information content (AvgIpc) is 3.20. The van der Waals surface area contributed by atoms with Gasteiger partial charge in [0.25, 0.3) is 5.91 Å². The van der Waals surface area contributed by atoms with Gasteiger partial charge < -0.3 is 14.2 Å². The summed E-state index contributed by atoms with van der Waals surface area (Å²) >= 11 is 1.43. The van der Waals surface area contributed by atoms with E-state index >= 15 is 0 Å². The van der Waals surface area contributed by atoms with E-state index < -0.39 is 5.91 Å². The van der Waals surface area contributed by atoms with E-state index in [1.54, 1.807) is 5.38 Å². The highest BCUT2D eigenvalue weighted by atomic mass is 32.1. The van der Waals surface area contributed by atoms with Crippen LogP contribution in [0.5, 0.6) is 17.2 Å². The molecule has 2 aromatic carbocycles. The Bertz CT molecular complexity index is 945. The molecule has 0 aliphatic rings. The highest BCUT2D eigenvalue weighted by Crippen LogP contribution is 2.38. The predicted molar refractivity (Wildman–Crippen MR) is 102 cm³/mol. The normalized spacial score (nSPS) is 10.8. The minimum atomic E-state index is -0.538.